The van der Waals surface area contributed by atoms with E-state index >= 15 is 0 Å². The van der Waals surface area contributed by atoms with Gasteiger partial charge in [-0.2, -0.15) is 5.10 Å². The summed E-state index contributed by atoms with van der Waals surface area (Å²) in [4.78, 5) is 1.13. The second-order valence-electron chi connectivity index (χ2n) is 6.04. The quantitative estimate of drug-likeness (QED) is 0.222. The summed E-state index contributed by atoms with van der Waals surface area (Å²) >= 11 is 18.6. The van der Waals surface area contributed by atoms with Crippen LogP contribution in [0.3, 0.4) is 0 Å². The molecule has 2 aromatic carbocycles. The lowest BCUT2D eigenvalue weighted by Gasteiger charge is -2.09. The molecule has 1 aromatic heterocycles. The van der Waals surface area contributed by atoms with Crippen LogP contribution in [-0.4, -0.2) is 20.1 Å². The van der Waals surface area contributed by atoms with Crippen molar-refractivity contribution in [2.45, 2.75) is 11.8 Å². The number of aromatic hydroxyl groups is 1. The Morgan fingerprint density at radius 3 is 2.70 bits per heavy atom. The highest BCUT2D eigenvalue weighted by Gasteiger charge is 2.15. The molecule has 5 N–H and O–H groups in total. The number of halogens is 2. The van der Waals surface area contributed by atoms with E-state index in [2.05, 4.69) is 15.8 Å². The zero-order valence-electron chi connectivity index (χ0n) is 15.5. The van der Waals surface area contributed by atoms with Crippen molar-refractivity contribution < 1.29 is 9.32 Å². The average Bonchev–Trinajstić information content (AvgIpc) is 3.10. The fraction of sp³-hybridized carbons (Fsp3) is 0.0526. The van der Waals surface area contributed by atoms with Crippen LogP contribution in [0.1, 0.15) is 12.5 Å². The summed E-state index contributed by atoms with van der Waals surface area (Å²) in [6.45, 7) is 1.74. The van der Waals surface area contributed by atoms with Crippen LogP contribution < -0.4 is 15.9 Å². The van der Waals surface area contributed by atoms with E-state index in [1.54, 1.807) is 54.8 Å². The molecule has 0 aliphatic carbocycles. The Morgan fingerprint density at radius 1 is 1.23 bits per heavy atom. The van der Waals surface area contributed by atoms with Crippen molar-refractivity contribution in [1.29, 1.82) is 0 Å². The number of thiocarbonyl (C=S) groups is 1. The number of benzene rings is 2. The molecular formula is C19H16Cl2N4O2S3. The summed E-state index contributed by atoms with van der Waals surface area (Å²) in [6, 6.07) is 11.9. The van der Waals surface area contributed by atoms with Crippen molar-refractivity contribution in [3.63, 3.8) is 0 Å². The van der Waals surface area contributed by atoms with Gasteiger partial charge >= 0.3 is 0 Å². The standard InChI is InChI=1S/C19H16Cl2N4O2S3/c1-10(24-25-19(28)23-12-3-2-4-13(8-12)30(22)27)14-9-29-18(17(14)26)11-5-6-15(20)16(21)7-11/h2-9,26H,22H2,1H3,(H2,23,25,28)/b24-10+. The van der Waals surface area contributed by atoms with Gasteiger partial charge in [0.05, 0.1) is 31.1 Å². The summed E-state index contributed by atoms with van der Waals surface area (Å²) in [5.74, 6) is 0.0958. The van der Waals surface area contributed by atoms with Crippen molar-refractivity contribution in [2.75, 3.05) is 5.32 Å². The molecule has 0 saturated carbocycles. The zero-order valence-corrected chi connectivity index (χ0v) is 19.4. The predicted molar refractivity (Wildman–Crippen MR) is 130 cm³/mol. The van der Waals surface area contributed by atoms with E-state index in [0.29, 0.717) is 36.8 Å². The van der Waals surface area contributed by atoms with E-state index in [4.69, 9.17) is 40.6 Å². The highest BCUT2D eigenvalue weighted by Crippen LogP contribution is 2.40. The molecule has 0 radical (unpaired) electrons. The molecule has 11 heteroatoms. The third-order valence-electron chi connectivity index (χ3n) is 3.99. The van der Waals surface area contributed by atoms with E-state index in [-0.39, 0.29) is 10.9 Å². The molecular weight excluding hydrogens is 483 g/mol. The van der Waals surface area contributed by atoms with Crippen molar-refractivity contribution >= 4 is 74.3 Å². The zero-order chi connectivity index (χ0) is 21.8. The Hall–Kier alpha value is -2.01. The molecule has 1 unspecified atom stereocenters. The molecule has 0 aliphatic rings. The van der Waals surface area contributed by atoms with Gasteiger partial charge in [-0.05, 0) is 55.0 Å². The second-order valence-corrected chi connectivity index (χ2v) is 9.21. The minimum absolute atomic E-state index is 0.0958. The van der Waals surface area contributed by atoms with Crippen molar-refractivity contribution in [3.8, 4) is 16.2 Å². The second kappa shape index (κ2) is 9.86. The average molecular weight is 499 g/mol. The van der Waals surface area contributed by atoms with Gasteiger partial charge in [-0.15, -0.1) is 11.3 Å². The number of rotatable bonds is 5. The summed E-state index contributed by atoms with van der Waals surface area (Å²) in [6.07, 6.45) is 0. The molecule has 0 amide bonds. The summed E-state index contributed by atoms with van der Waals surface area (Å²) in [5, 5.41) is 26.1. The van der Waals surface area contributed by atoms with Crippen molar-refractivity contribution in [2.24, 2.45) is 10.2 Å². The van der Waals surface area contributed by atoms with Gasteiger partial charge in [-0.3, -0.25) is 5.43 Å². The molecule has 3 aromatic rings. The maximum absolute atomic E-state index is 11.4. The van der Waals surface area contributed by atoms with Gasteiger partial charge < -0.3 is 10.4 Å². The fourth-order valence-electron chi connectivity index (χ4n) is 2.50. The predicted octanol–water partition coefficient (Wildman–Crippen LogP) is 5.12. The maximum Gasteiger partial charge on any atom is 0.191 e. The largest absolute Gasteiger partial charge is 0.506 e. The topological polar surface area (TPSA) is 99.7 Å². The van der Waals surface area contributed by atoms with Crippen LogP contribution >= 0.6 is 46.8 Å². The molecule has 0 spiro atoms. The molecule has 1 heterocycles. The van der Waals surface area contributed by atoms with Gasteiger partial charge in [0.25, 0.3) is 0 Å². The van der Waals surface area contributed by atoms with Gasteiger partial charge in [-0.1, -0.05) is 35.3 Å². The van der Waals surface area contributed by atoms with Crippen LogP contribution in [-0.2, 0) is 11.0 Å². The first-order valence-corrected chi connectivity index (χ1v) is 11.7. The fourth-order valence-corrected chi connectivity index (χ4v) is 4.42. The van der Waals surface area contributed by atoms with Crippen molar-refractivity contribution in [3.05, 3.63) is 63.5 Å². The minimum atomic E-state index is -1.58. The SMILES string of the molecule is C/C(=N\NC(=S)Nc1cccc(S(N)=O)c1)c1csc(-c2ccc(Cl)c(Cl)c2)c1O. The highest BCUT2D eigenvalue weighted by atomic mass is 35.5. The monoisotopic (exact) mass is 498 g/mol. The molecule has 0 fully saturated rings. The normalized spacial score (nSPS) is 12.5. The molecule has 0 saturated heterocycles. The van der Waals surface area contributed by atoms with Gasteiger partial charge in [0, 0.05) is 11.1 Å². The highest BCUT2D eigenvalue weighted by molar-refractivity contribution is 7.82. The lowest BCUT2D eigenvalue weighted by molar-refractivity contribution is 0.478. The van der Waals surface area contributed by atoms with E-state index in [1.807, 2.05) is 0 Å². The van der Waals surface area contributed by atoms with Crippen LogP contribution in [0.15, 0.2) is 57.8 Å². The van der Waals surface area contributed by atoms with Gasteiger partial charge in [0.2, 0.25) is 0 Å². The van der Waals surface area contributed by atoms with Crippen LogP contribution in [0.2, 0.25) is 10.0 Å². The van der Waals surface area contributed by atoms with Gasteiger partial charge in [0.15, 0.2) is 5.11 Å². The summed E-state index contributed by atoms with van der Waals surface area (Å²) < 4.78 is 11.4. The Morgan fingerprint density at radius 2 is 2.00 bits per heavy atom. The van der Waals surface area contributed by atoms with Crippen LogP contribution in [0.25, 0.3) is 10.4 Å². The molecule has 1 atom stereocenters. The number of hydrogen-bond acceptors (Lipinski definition) is 5. The van der Waals surface area contributed by atoms with E-state index in [9.17, 15) is 9.32 Å². The third-order valence-corrected chi connectivity index (χ3v) is 6.66. The van der Waals surface area contributed by atoms with Crippen LogP contribution in [0.5, 0.6) is 5.75 Å². The van der Waals surface area contributed by atoms with Gasteiger partial charge in [-0.25, -0.2) is 9.35 Å². The van der Waals surface area contributed by atoms with Crippen LogP contribution in [0.4, 0.5) is 5.69 Å². The Balaban J connectivity index is 1.72. The Kier molecular flexibility index (Phi) is 7.45. The first-order chi connectivity index (χ1) is 14.3. The maximum atomic E-state index is 11.4. The molecule has 0 bridgehead atoms. The molecule has 3 rings (SSSR count). The first-order valence-electron chi connectivity index (χ1n) is 8.40. The number of nitrogens with zero attached hydrogens (tertiary/aromatic N) is 1. The Labute approximate surface area is 195 Å². The number of anilines is 1. The number of hydrogen-bond donors (Lipinski definition) is 4. The van der Waals surface area contributed by atoms with Crippen molar-refractivity contribution in [1.82, 2.24) is 5.43 Å². The van der Waals surface area contributed by atoms with Crippen LogP contribution in [0, 0.1) is 0 Å². The molecule has 6 nitrogen and oxygen atoms in total. The first kappa shape index (κ1) is 22.7. The molecule has 0 aliphatic heterocycles. The number of nitrogens with two attached hydrogens (primary N) is 1. The third kappa shape index (κ3) is 5.37. The minimum Gasteiger partial charge on any atom is -0.506 e. The van der Waals surface area contributed by atoms with Gasteiger partial charge in [0.1, 0.15) is 16.7 Å². The molecule has 30 heavy (non-hydrogen) atoms. The molecule has 156 valence electrons. The number of thiophene rings is 1. The summed E-state index contributed by atoms with van der Waals surface area (Å²) in [5.41, 5.74) is 5.21. The number of nitrogens with one attached hydrogen (secondary N) is 2. The lowest BCUT2D eigenvalue weighted by Crippen LogP contribution is -2.25. The van der Waals surface area contributed by atoms with E-state index < -0.39 is 11.0 Å². The van der Waals surface area contributed by atoms with E-state index in [0.717, 1.165) is 5.56 Å². The smallest absolute Gasteiger partial charge is 0.191 e. The lowest BCUT2D eigenvalue weighted by atomic mass is 10.1. The number of hydrazone groups is 1. The summed E-state index contributed by atoms with van der Waals surface area (Å²) in [7, 11) is -1.58. The Bertz CT molecular complexity index is 1160. The van der Waals surface area contributed by atoms with E-state index in [1.165, 1.54) is 11.3 Å².